The van der Waals surface area contributed by atoms with Crippen molar-refractivity contribution >= 4 is 26.5 Å². The normalized spacial score (nSPS) is 12.9. The van der Waals surface area contributed by atoms with Gasteiger partial charge >= 0.3 is 0 Å². The van der Waals surface area contributed by atoms with Gasteiger partial charge in [0.15, 0.2) is 0 Å². The van der Waals surface area contributed by atoms with Crippen LogP contribution in [0.1, 0.15) is 31.7 Å². The van der Waals surface area contributed by atoms with Crippen molar-refractivity contribution in [2.75, 3.05) is 4.72 Å². The molecule has 1 atom stereocenters. The Bertz CT molecular complexity index is 964. The van der Waals surface area contributed by atoms with Crippen LogP contribution in [0.2, 0.25) is 0 Å². The zero-order chi connectivity index (χ0) is 17.2. The average molecular weight is 339 g/mol. The first-order chi connectivity index (χ1) is 11.5. The minimum absolute atomic E-state index is 0.278. The lowest BCUT2D eigenvalue weighted by Crippen LogP contribution is -2.14. The number of benzene rings is 3. The maximum atomic E-state index is 12.8. The molecule has 0 heterocycles. The zero-order valence-electron chi connectivity index (χ0n) is 13.9. The number of fused-ring (bicyclic) bond motifs is 1. The predicted molar refractivity (Wildman–Crippen MR) is 99.9 cm³/mol. The summed E-state index contributed by atoms with van der Waals surface area (Å²) >= 11 is 0. The molecule has 3 aromatic rings. The molecule has 0 aliphatic carbocycles. The maximum absolute atomic E-state index is 12.8. The molecule has 0 aromatic heterocycles. The van der Waals surface area contributed by atoms with Crippen molar-refractivity contribution < 1.29 is 8.42 Å². The van der Waals surface area contributed by atoms with Crippen LogP contribution >= 0.6 is 0 Å². The van der Waals surface area contributed by atoms with Gasteiger partial charge in [-0.05, 0) is 46.9 Å². The largest absolute Gasteiger partial charge is 0.279 e. The molecule has 0 aliphatic heterocycles. The molecular weight excluding hydrogens is 318 g/mol. The van der Waals surface area contributed by atoms with Crippen molar-refractivity contribution in [3.63, 3.8) is 0 Å². The summed E-state index contributed by atoms with van der Waals surface area (Å²) in [6.07, 6.45) is 0.953. The summed E-state index contributed by atoms with van der Waals surface area (Å²) in [6.45, 7) is 4.20. The van der Waals surface area contributed by atoms with Gasteiger partial charge in [-0.3, -0.25) is 4.72 Å². The Balaban J connectivity index is 1.99. The van der Waals surface area contributed by atoms with Crippen LogP contribution in [0.5, 0.6) is 0 Å². The summed E-state index contributed by atoms with van der Waals surface area (Å²) in [5.41, 5.74) is 1.67. The van der Waals surface area contributed by atoms with Crippen molar-refractivity contribution in [2.45, 2.75) is 31.1 Å². The third-order valence-corrected chi connectivity index (χ3v) is 5.74. The van der Waals surface area contributed by atoms with Crippen molar-refractivity contribution in [1.29, 1.82) is 0 Å². The Hall–Kier alpha value is -2.33. The lowest BCUT2D eigenvalue weighted by molar-refractivity contribution is 0.601. The van der Waals surface area contributed by atoms with E-state index in [9.17, 15) is 8.42 Å². The third-order valence-electron chi connectivity index (χ3n) is 4.38. The summed E-state index contributed by atoms with van der Waals surface area (Å²) in [6, 6.07) is 20.5. The standard InChI is InChI=1S/C20H21NO2S/c1-3-15(2)19-10-6-7-11-20(19)21-24(22,23)18-13-12-16-8-4-5-9-17(16)14-18/h4-15,21H,3H2,1-2H3/t15-/m1/s1. The molecule has 3 aromatic carbocycles. The number of rotatable bonds is 5. The van der Waals surface area contributed by atoms with Gasteiger partial charge in [-0.25, -0.2) is 8.42 Å². The lowest BCUT2D eigenvalue weighted by Gasteiger charge is -2.16. The van der Waals surface area contributed by atoms with Gasteiger partial charge in [-0.15, -0.1) is 0 Å². The van der Waals surface area contributed by atoms with Crippen LogP contribution < -0.4 is 4.72 Å². The highest BCUT2D eigenvalue weighted by atomic mass is 32.2. The smallest absolute Gasteiger partial charge is 0.261 e. The van der Waals surface area contributed by atoms with Crippen LogP contribution in [0.25, 0.3) is 10.8 Å². The SMILES string of the molecule is CC[C@@H](C)c1ccccc1NS(=O)(=O)c1ccc2ccccc2c1. The molecule has 0 spiro atoms. The van der Waals surface area contributed by atoms with Gasteiger partial charge in [-0.1, -0.05) is 62.4 Å². The van der Waals surface area contributed by atoms with E-state index in [4.69, 9.17) is 0 Å². The van der Waals surface area contributed by atoms with E-state index in [1.165, 1.54) is 0 Å². The van der Waals surface area contributed by atoms with Gasteiger partial charge in [0, 0.05) is 0 Å². The van der Waals surface area contributed by atoms with Gasteiger partial charge in [0.1, 0.15) is 0 Å². The fraction of sp³-hybridized carbons (Fsp3) is 0.200. The monoisotopic (exact) mass is 339 g/mol. The summed E-state index contributed by atoms with van der Waals surface area (Å²) in [7, 11) is -3.62. The van der Waals surface area contributed by atoms with E-state index in [0.29, 0.717) is 11.6 Å². The van der Waals surface area contributed by atoms with E-state index in [1.54, 1.807) is 12.1 Å². The molecule has 0 bridgehead atoms. The second kappa shape index (κ2) is 6.65. The van der Waals surface area contributed by atoms with Crippen LogP contribution in [0, 0.1) is 0 Å². The molecule has 1 N–H and O–H groups in total. The molecule has 0 fully saturated rings. The number of sulfonamides is 1. The highest BCUT2D eigenvalue weighted by Crippen LogP contribution is 2.29. The lowest BCUT2D eigenvalue weighted by atomic mass is 9.97. The topological polar surface area (TPSA) is 46.2 Å². The Morgan fingerprint density at radius 2 is 1.58 bits per heavy atom. The van der Waals surface area contributed by atoms with Crippen LogP contribution in [0.4, 0.5) is 5.69 Å². The molecule has 0 saturated carbocycles. The Morgan fingerprint density at radius 1 is 0.917 bits per heavy atom. The van der Waals surface area contributed by atoms with Crippen LogP contribution in [0.15, 0.2) is 71.6 Å². The summed E-state index contributed by atoms with van der Waals surface area (Å²) < 4.78 is 28.3. The van der Waals surface area contributed by atoms with Crippen molar-refractivity contribution in [1.82, 2.24) is 0 Å². The van der Waals surface area contributed by atoms with E-state index >= 15 is 0 Å². The van der Waals surface area contributed by atoms with E-state index in [2.05, 4.69) is 18.6 Å². The summed E-state index contributed by atoms with van der Waals surface area (Å²) in [4.78, 5) is 0.278. The first kappa shape index (κ1) is 16.5. The molecule has 0 saturated heterocycles. The van der Waals surface area contributed by atoms with Crippen LogP contribution in [0.3, 0.4) is 0 Å². The Kier molecular flexibility index (Phi) is 4.58. The van der Waals surface area contributed by atoms with Crippen molar-refractivity contribution in [3.05, 3.63) is 72.3 Å². The third kappa shape index (κ3) is 3.29. The minimum atomic E-state index is -3.62. The predicted octanol–water partition coefficient (Wildman–Crippen LogP) is 5.15. The molecule has 4 heteroatoms. The molecule has 3 nitrogen and oxygen atoms in total. The molecule has 0 aliphatic rings. The van der Waals surface area contributed by atoms with Gasteiger partial charge in [0.05, 0.1) is 10.6 Å². The zero-order valence-corrected chi connectivity index (χ0v) is 14.7. The van der Waals surface area contributed by atoms with E-state index in [-0.39, 0.29) is 4.90 Å². The van der Waals surface area contributed by atoms with Gasteiger partial charge in [0.2, 0.25) is 0 Å². The highest BCUT2D eigenvalue weighted by Gasteiger charge is 2.17. The van der Waals surface area contributed by atoms with Crippen molar-refractivity contribution in [3.8, 4) is 0 Å². The number of nitrogens with one attached hydrogen (secondary N) is 1. The maximum Gasteiger partial charge on any atom is 0.261 e. The Morgan fingerprint density at radius 3 is 2.33 bits per heavy atom. The van der Waals surface area contributed by atoms with Gasteiger partial charge in [-0.2, -0.15) is 0 Å². The summed E-state index contributed by atoms with van der Waals surface area (Å²) in [5.74, 6) is 0.292. The number of anilines is 1. The quantitative estimate of drug-likeness (QED) is 0.698. The average Bonchev–Trinajstić information content (AvgIpc) is 2.60. The first-order valence-corrected chi connectivity index (χ1v) is 9.60. The number of hydrogen-bond acceptors (Lipinski definition) is 2. The van der Waals surface area contributed by atoms with Crippen LogP contribution in [-0.4, -0.2) is 8.42 Å². The first-order valence-electron chi connectivity index (χ1n) is 8.12. The van der Waals surface area contributed by atoms with E-state index < -0.39 is 10.0 Å². The van der Waals surface area contributed by atoms with Crippen molar-refractivity contribution in [2.24, 2.45) is 0 Å². The molecule has 124 valence electrons. The molecule has 24 heavy (non-hydrogen) atoms. The Labute approximate surface area is 143 Å². The molecule has 0 unspecified atom stereocenters. The molecule has 0 radical (unpaired) electrons. The number of para-hydroxylation sites is 1. The summed E-state index contributed by atoms with van der Waals surface area (Å²) in [5, 5.41) is 1.94. The number of hydrogen-bond donors (Lipinski definition) is 1. The van der Waals surface area contributed by atoms with Gasteiger partial charge in [0.25, 0.3) is 10.0 Å². The fourth-order valence-corrected chi connectivity index (χ4v) is 3.90. The molecule has 0 amide bonds. The van der Waals surface area contributed by atoms with Gasteiger partial charge < -0.3 is 0 Å². The van der Waals surface area contributed by atoms with E-state index in [0.717, 1.165) is 22.8 Å². The highest BCUT2D eigenvalue weighted by molar-refractivity contribution is 7.92. The minimum Gasteiger partial charge on any atom is -0.279 e. The molecular formula is C20H21NO2S. The van der Waals surface area contributed by atoms with E-state index in [1.807, 2.05) is 54.6 Å². The van der Waals surface area contributed by atoms with Crippen LogP contribution in [-0.2, 0) is 10.0 Å². The molecule has 3 rings (SSSR count). The fourth-order valence-electron chi connectivity index (χ4n) is 2.78. The second-order valence-corrected chi connectivity index (χ2v) is 7.69. The second-order valence-electron chi connectivity index (χ2n) is 6.01.